The van der Waals surface area contributed by atoms with Crippen LogP contribution < -0.4 is 4.74 Å². The summed E-state index contributed by atoms with van der Waals surface area (Å²) in [5.41, 5.74) is 0. The molecule has 0 saturated carbocycles. The highest BCUT2D eigenvalue weighted by Crippen LogP contribution is 2.20. The molecular formula is C16H26O6. The van der Waals surface area contributed by atoms with Crippen LogP contribution in [0.4, 0.5) is 0 Å². The van der Waals surface area contributed by atoms with Crippen molar-refractivity contribution in [2.45, 2.75) is 44.5 Å². The summed E-state index contributed by atoms with van der Waals surface area (Å²) in [4.78, 5) is 8.36. The molecule has 6 heteroatoms. The van der Waals surface area contributed by atoms with Gasteiger partial charge >= 0.3 is 0 Å². The largest absolute Gasteiger partial charge is 0.497 e. The van der Waals surface area contributed by atoms with Crippen molar-refractivity contribution >= 4 is 6.47 Å². The molecule has 2 unspecified atom stereocenters. The van der Waals surface area contributed by atoms with Crippen LogP contribution in [0.1, 0.15) is 26.2 Å². The van der Waals surface area contributed by atoms with Crippen molar-refractivity contribution in [3.8, 4) is 5.75 Å². The van der Waals surface area contributed by atoms with E-state index in [0.717, 1.165) is 12.2 Å². The van der Waals surface area contributed by atoms with Crippen LogP contribution >= 0.6 is 0 Å². The molecule has 0 amide bonds. The van der Waals surface area contributed by atoms with Gasteiger partial charge in [-0.15, -0.1) is 0 Å². The molecule has 1 aromatic carbocycles. The standard InChI is InChI=1S/C8H16O3.C7H8O.CH2O2/c1-2-7-3-6(10)4-8(5-9)11-7;1-8-7-5-3-2-4-6-7;2-1-3/h6-10H,2-5H2,1H3;2-6H,1H3;1H,(H,2,3)/t6?,7-,8?;;/m1../s1. The number of hydrogen-bond donors (Lipinski definition) is 3. The third-order valence-corrected chi connectivity index (χ3v) is 3.09. The zero-order chi connectivity index (χ0) is 16.8. The van der Waals surface area contributed by atoms with E-state index >= 15 is 0 Å². The Bertz CT molecular complexity index is 358. The van der Waals surface area contributed by atoms with Crippen molar-refractivity contribution in [2.24, 2.45) is 0 Å². The first-order chi connectivity index (χ1) is 10.6. The van der Waals surface area contributed by atoms with Crippen LogP contribution in [-0.4, -0.2) is 53.8 Å². The van der Waals surface area contributed by atoms with Crippen LogP contribution in [0.5, 0.6) is 5.75 Å². The van der Waals surface area contributed by atoms with Gasteiger partial charge in [0.25, 0.3) is 6.47 Å². The molecule has 0 aliphatic carbocycles. The van der Waals surface area contributed by atoms with Gasteiger partial charge in [0.05, 0.1) is 32.0 Å². The first-order valence-corrected chi connectivity index (χ1v) is 7.22. The van der Waals surface area contributed by atoms with Gasteiger partial charge in [0.2, 0.25) is 0 Å². The SMILES string of the molecule is CC[C@@H]1CC(O)CC(CO)O1.COc1ccccc1.O=CO. The predicted octanol–water partition coefficient (Wildman–Crippen LogP) is 1.69. The van der Waals surface area contributed by atoms with Gasteiger partial charge in [0.15, 0.2) is 0 Å². The lowest BCUT2D eigenvalue weighted by Crippen LogP contribution is -2.37. The second-order valence-corrected chi connectivity index (χ2v) is 4.72. The topological polar surface area (TPSA) is 96.2 Å². The Morgan fingerprint density at radius 1 is 1.27 bits per heavy atom. The number of hydrogen-bond acceptors (Lipinski definition) is 5. The predicted molar refractivity (Wildman–Crippen MR) is 83.0 cm³/mol. The van der Waals surface area contributed by atoms with E-state index in [4.69, 9.17) is 24.5 Å². The molecule has 1 saturated heterocycles. The molecule has 3 atom stereocenters. The third-order valence-electron chi connectivity index (χ3n) is 3.09. The van der Waals surface area contributed by atoms with Crippen LogP contribution in [0.2, 0.25) is 0 Å². The minimum Gasteiger partial charge on any atom is -0.497 e. The van der Waals surface area contributed by atoms with Crippen LogP contribution in [0, 0.1) is 0 Å². The van der Waals surface area contributed by atoms with Gasteiger partial charge in [-0.2, -0.15) is 0 Å². The molecule has 1 aliphatic heterocycles. The average molecular weight is 314 g/mol. The summed E-state index contributed by atoms with van der Waals surface area (Å²) in [6.45, 7) is 1.80. The molecule has 3 N–H and O–H groups in total. The molecular weight excluding hydrogens is 288 g/mol. The maximum Gasteiger partial charge on any atom is 0.290 e. The molecule has 6 nitrogen and oxygen atoms in total. The van der Waals surface area contributed by atoms with Gasteiger partial charge in [-0.05, 0) is 25.0 Å². The van der Waals surface area contributed by atoms with Crippen molar-refractivity contribution in [3.63, 3.8) is 0 Å². The lowest BCUT2D eigenvalue weighted by molar-refractivity contribution is -0.122. The number of para-hydroxylation sites is 1. The Morgan fingerprint density at radius 2 is 1.82 bits per heavy atom. The summed E-state index contributed by atoms with van der Waals surface area (Å²) < 4.78 is 10.4. The first kappa shape index (κ1) is 20.4. The maximum absolute atomic E-state index is 9.32. The van der Waals surface area contributed by atoms with Crippen molar-refractivity contribution in [1.82, 2.24) is 0 Å². The second-order valence-electron chi connectivity index (χ2n) is 4.72. The normalized spacial score (nSPS) is 23.2. The zero-order valence-electron chi connectivity index (χ0n) is 13.1. The van der Waals surface area contributed by atoms with Gasteiger partial charge in [0, 0.05) is 6.42 Å². The Kier molecular flexibility index (Phi) is 12.1. The molecule has 0 aromatic heterocycles. The van der Waals surface area contributed by atoms with E-state index in [1.807, 2.05) is 37.3 Å². The van der Waals surface area contributed by atoms with Crippen LogP contribution in [0.25, 0.3) is 0 Å². The fraction of sp³-hybridized carbons (Fsp3) is 0.562. The summed E-state index contributed by atoms with van der Waals surface area (Å²) in [6.07, 6.45) is 1.90. The van der Waals surface area contributed by atoms with E-state index in [-0.39, 0.29) is 31.4 Å². The molecule has 1 aliphatic rings. The molecule has 1 heterocycles. The summed E-state index contributed by atoms with van der Waals surface area (Å²) in [7, 11) is 1.66. The van der Waals surface area contributed by atoms with E-state index < -0.39 is 0 Å². The first-order valence-electron chi connectivity index (χ1n) is 7.22. The molecule has 1 fully saturated rings. The van der Waals surface area contributed by atoms with E-state index in [0.29, 0.717) is 12.8 Å². The second kappa shape index (κ2) is 13.1. The fourth-order valence-electron chi connectivity index (χ4n) is 2.02. The number of benzene rings is 1. The summed E-state index contributed by atoms with van der Waals surface area (Å²) >= 11 is 0. The molecule has 2 rings (SSSR count). The quantitative estimate of drug-likeness (QED) is 0.735. The number of aliphatic hydroxyl groups excluding tert-OH is 2. The molecule has 0 bridgehead atoms. The van der Waals surface area contributed by atoms with Crippen molar-refractivity contribution < 1.29 is 29.6 Å². The molecule has 1 aromatic rings. The van der Waals surface area contributed by atoms with E-state index in [9.17, 15) is 5.11 Å². The summed E-state index contributed by atoms with van der Waals surface area (Å²) in [5.74, 6) is 0.910. The van der Waals surface area contributed by atoms with Crippen LogP contribution in [0.15, 0.2) is 30.3 Å². The maximum atomic E-state index is 9.32. The van der Waals surface area contributed by atoms with Gasteiger partial charge in [-0.25, -0.2) is 0 Å². The average Bonchev–Trinajstić information content (AvgIpc) is 2.56. The molecule has 22 heavy (non-hydrogen) atoms. The number of ether oxygens (including phenoxy) is 2. The number of methoxy groups -OCH3 is 1. The summed E-state index contributed by atoms with van der Waals surface area (Å²) in [5, 5.41) is 25.0. The minimum atomic E-state index is -0.286. The molecule has 126 valence electrons. The smallest absolute Gasteiger partial charge is 0.290 e. The fourth-order valence-corrected chi connectivity index (χ4v) is 2.02. The highest BCUT2D eigenvalue weighted by atomic mass is 16.5. The van der Waals surface area contributed by atoms with Crippen LogP contribution in [0.3, 0.4) is 0 Å². The molecule has 0 radical (unpaired) electrons. The number of rotatable bonds is 3. The zero-order valence-corrected chi connectivity index (χ0v) is 13.1. The van der Waals surface area contributed by atoms with E-state index in [2.05, 4.69) is 0 Å². The number of aliphatic hydroxyl groups is 2. The van der Waals surface area contributed by atoms with Crippen molar-refractivity contribution in [3.05, 3.63) is 30.3 Å². The van der Waals surface area contributed by atoms with Crippen molar-refractivity contribution in [2.75, 3.05) is 13.7 Å². The van der Waals surface area contributed by atoms with Gasteiger partial charge in [0.1, 0.15) is 5.75 Å². The third kappa shape index (κ3) is 9.33. The monoisotopic (exact) mass is 314 g/mol. The van der Waals surface area contributed by atoms with Gasteiger partial charge < -0.3 is 24.8 Å². The summed E-state index contributed by atoms with van der Waals surface area (Å²) in [6, 6.07) is 9.68. The Hall–Kier alpha value is -1.63. The number of carboxylic acid groups (broad SMARTS) is 1. The van der Waals surface area contributed by atoms with E-state index in [1.165, 1.54) is 0 Å². The molecule has 0 spiro atoms. The Balaban J connectivity index is 0.000000352. The van der Waals surface area contributed by atoms with E-state index in [1.54, 1.807) is 7.11 Å². The lowest BCUT2D eigenvalue weighted by atomic mass is 10.00. The lowest BCUT2D eigenvalue weighted by Gasteiger charge is -2.31. The van der Waals surface area contributed by atoms with Crippen molar-refractivity contribution in [1.29, 1.82) is 0 Å². The minimum absolute atomic E-state index is 0.0214. The van der Waals surface area contributed by atoms with Crippen LogP contribution in [-0.2, 0) is 9.53 Å². The Labute approximate surface area is 131 Å². The highest BCUT2D eigenvalue weighted by Gasteiger charge is 2.26. The van der Waals surface area contributed by atoms with Gasteiger partial charge in [-0.1, -0.05) is 25.1 Å². The van der Waals surface area contributed by atoms with Gasteiger partial charge in [-0.3, -0.25) is 4.79 Å². The number of carbonyl (C=O) groups is 1. The Morgan fingerprint density at radius 3 is 2.23 bits per heavy atom. The highest BCUT2D eigenvalue weighted by molar-refractivity contribution is 5.32.